The Morgan fingerprint density at radius 1 is 0.857 bits per heavy atom. The standard InChI is InChI=1S/C23H15N5/c24-10-16-6-20-21-7-17(11-25)19(13-27)9-23(21)28(22(20)8-18(16)12-26)14-15-4-2-1-3-5-15/h1-6,8,17,19H,7,9,14H2. The lowest BCUT2D eigenvalue weighted by Gasteiger charge is -2.24. The van der Waals surface area contributed by atoms with Crippen LogP contribution >= 0.6 is 0 Å². The van der Waals surface area contributed by atoms with E-state index in [-0.39, 0.29) is 11.8 Å². The third kappa shape index (κ3) is 2.68. The summed E-state index contributed by atoms with van der Waals surface area (Å²) in [5, 5.41) is 38.8. The van der Waals surface area contributed by atoms with Gasteiger partial charge in [-0.2, -0.15) is 21.0 Å². The molecule has 28 heavy (non-hydrogen) atoms. The van der Waals surface area contributed by atoms with Crippen LogP contribution in [0.3, 0.4) is 0 Å². The molecule has 1 aliphatic carbocycles. The second-order valence-corrected chi connectivity index (χ2v) is 7.01. The van der Waals surface area contributed by atoms with Gasteiger partial charge < -0.3 is 4.57 Å². The normalized spacial score (nSPS) is 17.7. The molecule has 0 radical (unpaired) electrons. The highest BCUT2D eigenvalue weighted by Gasteiger charge is 2.33. The number of nitrogens with zero attached hydrogens (tertiary/aromatic N) is 5. The second kappa shape index (κ2) is 6.92. The summed E-state index contributed by atoms with van der Waals surface area (Å²) in [6.45, 7) is 0.610. The maximum atomic E-state index is 9.54. The van der Waals surface area contributed by atoms with E-state index in [1.165, 1.54) is 0 Å². The highest BCUT2D eigenvalue weighted by atomic mass is 15.0. The SMILES string of the molecule is N#Cc1cc2c3c(n(Cc4ccccc4)c2cc1C#N)CC(C#N)C(C#N)C3. The van der Waals surface area contributed by atoms with Gasteiger partial charge in [-0.15, -0.1) is 0 Å². The number of hydrogen-bond acceptors (Lipinski definition) is 4. The highest BCUT2D eigenvalue weighted by molar-refractivity contribution is 5.89. The Hall–Kier alpha value is -4.06. The Kier molecular flexibility index (Phi) is 4.29. The van der Waals surface area contributed by atoms with E-state index in [0.717, 1.165) is 27.7 Å². The van der Waals surface area contributed by atoms with Gasteiger partial charge in [0.15, 0.2) is 0 Å². The first kappa shape index (κ1) is 17.4. The molecule has 0 amide bonds. The summed E-state index contributed by atoms with van der Waals surface area (Å²) < 4.78 is 2.14. The largest absolute Gasteiger partial charge is 0.340 e. The van der Waals surface area contributed by atoms with Crippen molar-refractivity contribution in [2.75, 3.05) is 0 Å². The summed E-state index contributed by atoms with van der Waals surface area (Å²) in [6.07, 6.45) is 0.981. The van der Waals surface area contributed by atoms with E-state index in [1.807, 2.05) is 30.3 Å². The van der Waals surface area contributed by atoms with E-state index in [4.69, 9.17) is 0 Å². The average Bonchev–Trinajstić information content (AvgIpc) is 3.04. The zero-order valence-corrected chi connectivity index (χ0v) is 15.1. The molecule has 2 aromatic carbocycles. The molecule has 3 aromatic rings. The molecule has 2 unspecified atom stereocenters. The summed E-state index contributed by atoms with van der Waals surface area (Å²) in [4.78, 5) is 0. The predicted octanol–water partition coefficient (Wildman–Crippen LogP) is 3.81. The minimum absolute atomic E-state index is 0.338. The molecule has 2 atom stereocenters. The third-order valence-corrected chi connectivity index (χ3v) is 5.50. The Balaban J connectivity index is 1.99. The van der Waals surface area contributed by atoms with Gasteiger partial charge in [0.25, 0.3) is 0 Å². The van der Waals surface area contributed by atoms with Crippen molar-refractivity contribution in [3.63, 3.8) is 0 Å². The summed E-state index contributed by atoms with van der Waals surface area (Å²) in [5.74, 6) is -0.725. The summed E-state index contributed by atoms with van der Waals surface area (Å²) >= 11 is 0. The van der Waals surface area contributed by atoms with Crippen LogP contribution in [0.25, 0.3) is 10.9 Å². The van der Waals surface area contributed by atoms with Gasteiger partial charge in [-0.1, -0.05) is 30.3 Å². The fraction of sp³-hybridized carbons (Fsp3) is 0.217. The molecule has 0 bridgehead atoms. The van der Waals surface area contributed by atoms with Gasteiger partial charge in [0.05, 0.1) is 40.6 Å². The predicted molar refractivity (Wildman–Crippen MR) is 103 cm³/mol. The van der Waals surface area contributed by atoms with Crippen molar-refractivity contribution in [1.29, 1.82) is 21.0 Å². The van der Waals surface area contributed by atoms with Crippen molar-refractivity contribution in [1.82, 2.24) is 4.57 Å². The van der Waals surface area contributed by atoms with Crippen LogP contribution in [0.5, 0.6) is 0 Å². The molecule has 0 aliphatic heterocycles. The fourth-order valence-electron chi connectivity index (χ4n) is 4.09. The first-order valence-electron chi connectivity index (χ1n) is 9.01. The maximum absolute atomic E-state index is 9.54. The summed E-state index contributed by atoms with van der Waals surface area (Å²) in [5.41, 5.74) is 4.71. The molecule has 4 rings (SSSR count). The van der Waals surface area contributed by atoms with Gasteiger partial charge in [0.2, 0.25) is 0 Å². The van der Waals surface area contributed by atoms with E-state index in [9.17, 15) is 21.0 Å². The number of rotatable bonds is 2. The number of fused-ring (bicyclic) bond motifs is 3. The van der Waals surface area contributed by atoms with Gasteiger partial charge in [-0.3, -0.25) is 0 Å². The maximum Gasteiger partial charge on any atom is 0.101 e. The van der Waals surface area contributed by atoms with Gasteiger partial charge in [-0.05, 0) is 29.7 Å². The number of benzene rings is 2. The molecule has 1 aliphatic rings. The molecule has 5 heteroatoms. The lowest BCUT2D eigenvalue weighted by atomic mass is 9.79. The van der Waals surface area contributed by atoms with Gasteiger partial charge in [0, 0.05) is 24.0 Å². The van der Waals surface area contributed by atoms with Crippen LogP contribution in [0, 0.1) is 57.2 Å². The third-order valence-electron chi connectivity index (χ3n) is 5.50. The van der Waals surface area contributed by atoms with E-state index in [1.54, 1.807) is 12.1 Å². The molecule has 1 heterocycles. The highest BCUT2D eigenvalue weighted by Crippen LogP contribution is 2.38. The van der Waals surface area contributed by atoms with E-state index in [0.29, 0.717) is 30.5 Å². The van der Waals surface area contributed by atoms with Crippen LogP contribution < -0.4 is 0 Å². The average molecular weight is 361 g/mol. The van der Waals surface area contributed by atoms with Crippen LogP contribution in [0.4, 0.5) is 0 Å². The van der Waals surface area contributed by atoms with Crippen LogP contribution in [-0.4, -0.2) is 4.57 Å². The van der Waals surface area contributed by atoms with Crippen molar-refractivity contribution in [2.45, 2.75) is 19.4 Å². The van der Waals surface area contributed by atoms with E-state index < -0.39 is 0 Å². The monoisotopic (exact) mass is 361 g/mol. The molecule has 132 valence electrons. The molecular formula is C23H15N5. The topological polar surface area (TPSA) is 100 Å². The summed E-state index contributed by atoms with van der Waals surface area (Å²) in [7, 11) is 0. The smallest absolute Gasteiger partial charge is 0.101 e. The quantitative estimate of drug-likeness (QED) is 0.692. The molecule has 0 spiro atoms. The van der Waals surface area contributed by atoms with Crippen molar-refractivity contribution in [3.05, 3.63) is 70.4 Å². The number of aromatic nitrogens is 1. The molecule has 0 N–H and O–H groups in total. The summed E-state index contributed by atoms with van der Waals surface area (Å²) in [6, 6.07) is 22.3. The van der Waals surface area contributed by atoms with Crippen LogP contribution in [0.2, 0.25) is 0 Å². The Morgan fingerprint density at radius 3 is 2.14 bits per heavy atom. The fourth-order valence-corrected chi connectivity index (χ4v) is 4.09. The molecular weight excluding hydrogens is 346 g/mol. The van der Waals surface area contributed by atoms with Crippen LogP contribution in [0.15, 0.2) is 42.5 Å². The number of nitriles is 4. The van der Waals surface area contributed by atoms with E-state index >= 15 is 0 Å². The molecule has 5 nitrogen and oxygen atoms in total. The minimum Gasteiger partial charge on any atom is -0.340 e. The second-order valence-electron chi connectivity index (χ2n) is 7.01. The number of hydrogen-bond donors (Lipinski definition) is 0. The zero-order chi connectivity index (χ0) is 19.7. The lowest BCUT2D eigenvalue weighted by Crippen LogP contribution is -2.24. The van der Waals surface area contributed by atoms with Gasteiger partial charge >= 0.3 is 0 Å². The van der Waals surface area contributed by atoms with Crippen molar-refractivity contribution < 1.29 is 0 Å². The minimum atomic E-state index is -0.366. The van der Waals surface area contributed by atoms with Crippen molar-refractivity contribution in [3.8, 4) is 24.3 Å². The zero-order valence-electron chi connectivity index (χ0n) is 15.1. The Morgan fingerprint density at radius 2 is 1.50 bits per heavy atom. The van der Waals surface area contributed by atoms with Gasteiger partial charge in [0.1, 0.15) is 12.1 Å². The van der Waals surface area contributed by atoms with Crippen LogP contribution in [0.1, 0.15) is 27.9 Å². The van der Waals surface area contributed by atoms with Crippen LogP contribution in [-0.2, 0) is 19.4 Å². The first-order chi connectivity index (χ1) is 13.7. The molecule has 0 saturated heterocycles. The Labute approximate surface area is 162 Å². The van der Waals surface area contributed by atoms with Crippen molar-refractivity contribution in [2.24, 2.45) is 11.8 Å². The first-order valence-corrected chi connectivity index (χ1v) is 9.01. The van der Waals surface area contributed by atoms with E-state index in [2.05, 4.69) is 28.8 Å². The molecule has 0 saturated carbocycles. The molecule has 0 fully saturated rings. The Bertz CT molecular complexity index is 1240. The lowest BCUT2D eigenvalue weighted by molar-refractivity contribution is 0.448. The van der Waals surface area contributed by atoms with Crippen molar-refractivity contribution >= 4 is 10.9 Å². The molecule has 1 aromatic heterocycles. The van der Waals surface area contributed by atoms with Gasteiger partial charge in [-0.25, -0.2) is 0 Å².